The molecule has 1 aliphatic rings. The number of sulfonamides is 1. The van der Waals surface area contributed by atoms with Crippen molar-refractivity contribution in [2.45, 2.75) is 11.3 Å². The summed E-state index contributed by atoms with van der Waals surface area (Å²) < 4.78 is 54.4. The van der Waals surface area contributed by atoms with E-state index in [4.69, 9.17) is 11.6 Å². The lowest BCUT2D eigenvalue weighted by Crippen LogP contribution is -2.15. The van der Waals surface area contributed by atoms with Gasteiger partial charge in [0, 0.05) is 23.4 Å². The molecule has 1 aliphatic heterocycles. The largest absolute Gasteiger partial charge is 0.284 e. The Hall–Kier alpha value is -2.77. The van der Waals surface area contributed by atoms with Crippen molar-refractivity contribution < 1.29 is 17.2 Å². The molecule has 0 bridgehead atoms. The van der Waals surface area contributed by atoms with Crippen molar-refractivity contribution >= 4 is 33.0 Å². The van der Waals surface area contributed by atoms with Crippen molar-refractivity contribution in [3.63, 3.8) is 0 Å². The molecule has 3 aromatic rings. The summed E-state index contributed by atoms with van der Waals surface area (Å²) in [5, 5.41) is -0.204. The summed E-state index contributed by atoms with van der Waals surface area (Å²) in [4.78, 5) is 4.30. The molecular formula is C21H15ClF2N2O2S. The van der Waals surface area contributed by atoms with Gasteiger partial charge < -0.3 is 0 Å². The molecule has 0 fully saturated rings. The first-order valence-electron chi connectivity index (χ1n) is 8.75. The second-order valence-electron chi connectivity index (χ2n) is 6.54. The lowest BCUT2D eigenvalue weighted by Gasteiger charge is -2.17. The number of hydrogen-bond donors (Lipinski definition) is 1. The van der Waals surface area contributed by atoms with Gasteiger partial charge in [-0.15, -0.1) is 0 Å². The maximum absolute atomic E-state index is 13.7. The number of anilines is 1. The normalized spacial score (nSPS) is 13.6. The van der Waals surface area contributed by atoms with Gasteiger partial charge in [-0.3, -0.25) is 9.71 Å². The molecule has 4 nitrogen and oxygen atoms in total. The molecule has 0 aromatic heterocycles. The van der Waals surface area contributed by atoms with Crippen molar-refractivity contribution in [1.82, 2.24) is 0 Å². The van der Waals surface area contributed by atoms with Crippen LogP contribution in [0.15, 0.2) is 70.6 Å². The minimum absolute atomic E-state index is 0.204. The number of nitrogens with zero attached hydrogens (tertiary/aromatic N) is 1. The van der Waals surface area contributed by atoms with E-state index in [1.807, 2.05) is 0 Å². The van der Waals surface area contributed by atoms with Gasteiger partial charge in [-0.25, -0.2) is 17.2 Å². The second-order valence-corrected chi connectivity index (χ2v) is 8.60. The lowest BCUT2D eigenvalue weighted by molar-refractivity contribution is 0.599. The van der Waals surface area contributed by atoms with E-state index >= 15 is 0 Å². The Morgan fingerprint density at radius 3 is 2.34 bits per heavy atom. The molecule has 1 N–H and O–H groups in total. The zero-order chi connectivity index (χ0) is 20.6. The van der Waals surface area contributed by atoms with Gasteiger partial charge in [0.25, 0.3) is 10.0 Å². The molecule has 4 rings (SSSR count). The fraction of sp³-hybridized carbons (Fsp3) is 0.0952. The summed E-state index contributed by atoms with van der Waals surface area (Å²) in [7, 11) is -3.98. The molecule has 8 heteroatoms. The van der Waals surface area contributed by atoms with Gasteiger partial charge in [0.1, 0.15) is 16.5 Å². The van der Waals surface area contributed by atoms with Crippen LogP contribution in [0.2, 0.25) is 5.02 Å². The first-order chi connectivity index (χ1) is 13.8. The maximum atomic E-state index is 13.7. The molecule has 0 saturated heterocycles. The number of nitrogens with one attached hydrogen (secondary N) is 1. The van der Waals surface area contributed by atoms with Crippen LogP contribution in [0.25, 0.3) is 0 Å². The Labute approximate surface area is 171 Å². The van der Waals surface area contributed by atoms with Crippen LogP contribution >= 0.6 is 11.6 Å². The highest BCUT2D eigenvalue weighted by Gasteiger charge is 2.20. The van der Waals surface area contributed by atoms with Crippen LogP contribution in [0, 0.1) is 11.6 Å². The molecule has 0 saturated carbocycles. The predicted molar refractivity (Wildman–Crippen MR) is 109 cm³/mol. The summed E-state index contributed by atoms with van der Waals surface area (Å²) >= 11 is 5.86. The van der Waals surface area contributed by atoms with Crippen LogP contribution in [-0.4, -0.2) is 20.7 Å². The summed E-state index contributed by atoms with van der Waals surface area (Å²) in [6.07, 6.45) is 0.745. The number of halogens is 3. The van der Waals surface area contributed by atoms with Crippen molar-refractivity contribution in [3.05, 3.63) is 94.0 Å². The number of fused-ring (bicyclic) bond motifs is 1. The molecule has 0 unspecified atom stereocenters. The monoisotopic (exact) mass is 432 g/mol. The third-order valence-electron chi connectivity index (χ3n) is 4.57. The van der Waals surface area contributed by atoms with Gasteiger partial charge in [0.15, 0.2) is 0 Å². The molecule has 3 aromatic carbocycles. The van der Waals surface area contributed by atoms with Crippen LogP contribution in [0.3, 0.4) is 0 Å². The van der Waals surface area contributed by atoms with Gasteiger partial charge >= 0.3 is 0 Å². The van der Waals surface area contributed by atoms with E-state index in [1.54, 1.807) is 30.3 Å². The Bertz CT molecular complexity index is 1230. The third kappa shape index (κ3) is 4.02. The molecule has 29 heavy (non-hydrogen) atoms. The zero-order valence-corrected chi connectivity index (χ0v) is 16.6. The smallest absolute Gasteiger partial charge is 0.263 e. The predicted octanol–water partition coefficient (Wildman–Crippen LogP) is 4.81. The van der Waals surface area contributed by atoms with Crippen LogP contribution in [0.5, 0.6) is 0 Å². The fourth-order valence-electron chi connectivity index (χ4n) is 3.21. The Morgan fingerprint density at radius 2 is 1.62 bits per heavy atom. The minimum Gasteiger partial charge on any atom is -0.284 e. The van der Waals surface area contributed by atoms with Gasteiger partial charge in [-0.1, -0.05) is 29.8 Å². The van der Waals surface area contributed by atoms with E-state index in [-0.39, 0.29) is 15.7 Å². The number of aliphatic imine (C=N–C) groups is 1. The van der Waals surface area contributed by atoms with Gasteiger partial charge in [0.05, 0.1) is 10.7 Å². The highest BCUT2D eigenvalue weighted by atomic mass is 35.5. The molecule has 1 heterocycles. The van der Waals surface area contributed by atoms with Crippen LogP contribution < -0.4 is 4.72 Å². The van der Waals surface area contributed by atoms with E-state index in [2.05, 4.69) is 9.71 Å². The Kier molecular flexibility index (Phi) is 5.10. The number of rotatable bonds is 4. The molecule has 0 atom stereocenters. The SMILES string of the molecule is O=S(=O)(Nc1ccc(C2=NCCc3ccc(F)cc32)cc1)c1ccc(F)cc1Cl. The fourth-order valence-corrected chi connectivity index (χ4v) is 4.80. The number of hydrogen-bond acceptors (Lipinski definition) is 3. The van der Waals surface area contributed by atoms with Crippen molar-refractivity contribution in [2.75, 3.05) is 11.3 Å². The third-order valence-corrected chi connectivity index (χ3v) is 6.44. The first kappa shape index (κ1) is 19.5. The molecule has 148 valence electrons. The molecular weight excluding hydrogens is 418 g/mol. The zero-order valence-electron chi connectivity index (χ0n) is 15.0. The van der Waals surface area contributed by atoms with Gasteiger partial charge in [0.2, 0.25) is 0 Å². The van der Waals surface area contributed by atoms with Gasteiger partial charge in [-0.2, -0.15) is 0 Å². The second kappa shape index (κ2) is 7.57. The topological polar surface area (TPSA) is 58.5 Å². The standard InChI is InChI=1S/C21H15ClF2N2O2S/c22-19-12-16(24)5-8-20(19)29(27,28)26-17-6-2-14(3-7-17)21-18-11-15(23)4-1-13(18)9-10-25-21/h1-8,11-12,26H,9-10H2. The highest BCUT2D eigenvalue weighted by molar-refractivity contribution is 7.92. The summed E-state index contributed by atoms with van der Waals surface area (Å²) in [6, 6.07) is 14.3. The van der Waals surface area contributed by atoms with E-state index in [0.717, 1.165) is 41.3 Å². The van der Waals surface area contributed by atoms with Crippen LogP contribution in [-0.2, 0) is 16.4 Å². The van der Waals surface area contributed by atoms with E-state index in [0.29, 0.717) is 17.9 Å². The van der Waals surface area contributed by atoms with Crippen molar-refractivity contribution in [3.8, 4) is 0 Å². The molecule has 0 aliphatic carbocycles. The Balaban J connectivity index is 1.61. The van der Waals surface area contributed by atoms with E-state index in [9.17, 15) is 17.2 Å². The molecule has 0 amide bonds. The lowest BCUT2D eigenvalue weighted by atomic mass is 9.93. The maximum Gasteiger partial charge on any atom is 0.263 e. The summed E-state index contributed by atoms with van der Waals surface area (Å²) in [6.45, 7) is 0.603. The quantitative estimate of drug-likeness (QED) is 0.643. The highest BCUT2D eigenvalue weighted by Crippen LogP contribution is 2.26. The summed E-state index contributed by atoms with van der Waals surface area (Å²) in [5.74, 6) is -0.956. The number of benzene rings is 3. The van der Waals surface area contributed by atoms with Gasteiger partial charge in [-0.05, 0) is 54.4 Å². The van der Waals surface area contributed by atoms with Crippen LogP contribution in [0.1, 0.15) is 16.7 Å². The molecule has 0 spiro atoms. The minimum atomic E-state index is -3.98. The van der Waals surface area contributed by atoms with E-state index < -0.39 is 15.8 Å². The summed E-state index contributed by atoms with van der Waals surface area (Å²) in [5.41, 5.74) is 3.49. The van der Waals surface area contributed by atoms with Crippen molar-refractivity contribution in [2.24, 2.45) is 4.99 Å². The Morgan fingerprint density at radius 1 is 0.931 bits per heavy atom. The average Bonchev–Trinajstić information content (AvgIpc) is 2.67. The molecule has 0 radical (unpaired) electrons. The van der Waals surface area contributed by atoms with Crippen LogP contribution in [0.4, 0.5) is 14.5 Å². The average molecular weight is 433 g/mol. The van der Waals surface area contributed by atoms with E-state index in [1.165, 1.54) is 12.1 Å². The first-order valence-corrected chi connectivity index (χ1v) is 10.6. The van der Waals surface area contributed by atoms with Crippen molar-refractivity contribution in [1.29, 1.82) is 0 Å².